The van der Waals surface area contributed by atoms with E-state index in [4.69, 9.17) is 14.2 Å². The lowest BCUT2D eigenvalue weighted by Crippen LogP contribution is -2.44. The van der Waals surface area contributed by atoms with Gasteiger partial charge in [-0.05, 0) is 26.2 Å². The van der Waals surface area contributed by atoms with Crippen LogP contribution in [0.15, 0.2) is 12.3 Å². The lowest BCUT2D eigenvalue weighted by molar-refractivity contribution is -0.164. The number of pyridine rings is 1. The highest BCUT2D eigenvalue weighted by Crippen LogP contribution is 2.27. The Hall–Kier alpha value is -2.56. The summed E-state index contributed by atoms with van der Waals surface area (Å²) in [6.45, 7) is 6.41. The molecule has 1 amide bonds. The van der Waals surface area contributed by atoms with Crippen LogP contribution in [0.3, 0.4) is 0 Å². The van der Waals surface area contributed by atoms with Gasteiger partial charge in [-0.3, -0.25) is 4.79 Å². The van der Waals surface area contributed by atoms with Crippen molar-refractivity contribution in [2.24, 2.45) is 5.92 Å². The van der Waals surface area contributed by atoms with Crippen molar-refractivity contribution < 1.29 is 42.1 Å². The highest BCUT2D eigenvalue weighted by molar-refractivity contribution is 5.97. The zero-order valence-electron chi connectivity index (χ0n) is 18.2. The van der Waals surface area contributed by atoms with E-state index < -0.39 is 48.5 Å². The fraction of sp³-hybridized carbons (Fsp3) is 0.650. The van der Waals surface area contributed by atoms with Crippen LogP contribution in [-0.4, -0.2) is 60.1 Å². The van der Waals surface area contributed by atoms with E-state index in [1.54, 1.807) is 20.8 Å². The molecule has 0 saturated carbocycles. The number of aromatic nitrogens is 1. The number of esters is 1. The van der Waals surface area contributed by atoms with Gasteiger partial charge in [0.05, 0.1) is 13.2 Å². The predicted octanol–water partition coefficient (Wildman–Crippen LogP) is 3.23. The summed E-state index contributed by atoms with van der Waals surface area (Å²) in [6, 6.07) is 0.284. The second kappa shape index (κ2) is 11.7. The minimum atomic E-state index is -4.25. The molecule has 0 aromatic carbocycles. The molecule has 0 bridgehead atoms. The van der Waals surface area contributed by atoms with Gasteiger partial charge >= 0.3 is 12.1 Å². The molecule has 0 saturated heterocycles. The molecule has 11 heteroatoms. The first-order chi connectivity index (χ1) is 14.4. The normalized spacial score (nSPS) is 14.6. The van der Waals surface area contributed by atoms with E-state index in [-0.39, 0.29) is 30.4 Å². The van der Waals surface area contributed by atoms with Crippen LogP contribution in [0.25, 0.3) is 0 Å². The molecule has 0 fully saturated rings. The number of ether oxygens (including phenoxy) is 3. The number of hydrogen-bond acceptors (Lipinski definition) is 7. The molecule has 8 nitrogen and oxygen atoms in total. The summed E-state index contributed by atoms with van der Waals surface area (Å²) in [5, 5.41) is 12.4. The van der Waals surface area contributed by atoms with Crippen molar-refractivity contribution in [3.8, 4) is 11.5 Å². The van der Waals surface area contributed by atoms with Gasteiger partial charge in [0.15, 0.2) is 17.2 Å². The summed E-state index contributed by atoms with van der Waals surface area (Å²) in [5.41, 5.74) is -0.319. The summed E-state index contributed by atoms with van der Waals surface area (Å²) >= 11 is 0. The second-order valence-corrected chi connectivity index (χ2v) is 7.35. The van der Waals surface area contributed by atoms with Crippen LogP contribution in [0, 0.1) is 5.92 Å². The lowest BCUT2D eigenvalue weighted by atomic mass is 10.0. The van der Waals surface area contributed by atoms with E-state index in [1.165, 1.54) is 26.3 Å². The Bertz CT molecular complexity index is 742. The molecule has 1 aromatic heterocycles. The first-order valence-electron chi connectivity index (χ1n) is 9.79. The molecule has 1 rings (SSSR count). The van der Waals surface area contributed by atoms with E-state index in [2.05, 4.69) is 10.3 Å². The average Bonchev–Trinajstić information content (AvgIpc) is 2.67. The van der Waals surface area contributed by atoms with Gasteiger partial charge in [0.2, 0.25) is 0 Å². The molecule has 176 valence electrons. The van der Waals surface area contributed by atoms with Crippen LogP contribution < -0.4 is 10.1 Å². The molecule has 1 aromatic rings. The number of halogens is 3. The van der Waals surface area contributed by atoms with Crippen molar-refractivity contribution in [2.45, 2.75) is 65.0 Å². The maximum atomic E-state index is 12.4. The van der Waals surface area contributed by atoms with Crippen LogP contribution >= 0.6 is 0 Å². The van der Waals surface area contributed by atoms with Crippen molar-refractivity contribution in [3.63, 3.8) is 0 Å². The maximum absolute atomic E-state index is 12.4. The summed E-state index contributed by atoms with van der Waals surface area (Å²) in [4.78, 5) is 28.6. The van der Waals surface area contributed by atoms with E-state index in [0.717, 1.165) is 0 Å². The molecular formula is C20H29F3N2O6. The third-order valence-corrected chi connectivity index (χ3v) is 4.38. The molecule has 3 atom stereocenters. The second-order valence-electron chi connectivity index (χ2n) is 7.35. The number of methoxy groups -OCH3 is 1. The molecular weight excluding hydrogens is 421 g/mol. The van der Waals surface area contributed by atoms with Gasteiger partial charge in [-0.1, -0.05) is 13.8 Å². The number of rotatable bonds is 11. The first kappa shape index (κ1) is 26.5. The number of nitrogens with zero attached hydrogens (tertiary/aromatic N) is 1. The van der Waals surface area contributed by atoms with Crippen molar-refractivity contribution >= 4 is 11.9 Å². The van der Waals surface area contributed by atoms with Gasteiger partial charge in [-0.2, -0.15) is 13.2 Å². The van der Waals surface area contributed by atoms with Crippen molar-refractivity contribution in [2.75, 3.05) is 13.7 Å². The van der Waals surface area contributed by atoms with Crippen molar-refractivity contribution in [1.82, 2.24) is 10.3 Å². The zero-order valence-corrected chi connectivity index (χ0v) is 18.2. The smallest absolute Gasteiger partial charge is 0.389 e. The maximum Gasteiger partial charge on any atom is 0.389 e. The number of alkyl halides is 3. The Kier molecular flexibility index (Phi) is 10.0. The van der Waals surface area contributed by atoms with Crippen molar-refractivity contribution in [3.05, 3.63) is 18.0 Å². The molecule has 0 spiro atoms. The summed E-state index contributed by atoms with van der Waals surface area (Å²) < 4.78 is 52.5. The molecule has 0 aliphatic heterocycles. The number of carbonyl (C=O) groups is 2. The van der Waals surface area contributed by atoms with E-state index in [1.807, 2.05) is 0 Å². The predicted molar refractivity (Wildman–Crippen MR) is 105 cm³/mol. The third-order valence-electron chi connectivity index (χ3n) is 4.38. The summed E-state index contributed by atoms with van der Waals surface area (Å²) in [6.07, 6.45) is -5.53. The monoisotopic (exact) mass is 450 g/mol. The SMILES string of the molecule is COc1ccnc(C(=O)N[C@@H](C)C(=O)OC(C(C)C)[C@H](C)OCCCC(F)(F)F)c1O. The number of carbonyl (C=O) groups excluding carboxylic acids is 2. The van der Waals surface area contributed by atoms with Gasteiger partial charge in [-0.25, -0.2) is 9.78 Å². The van der Waals surface area contributed by atoms with Crippen LogP contribution in [0.2, 0.25) is 0 Å². The Morgan fingerprint density at radius 3 is 2.42 bits per heavy atom. The highest BCUT2D eigenvalue weighted by Gasteiger charge is 2.30. The quantitative estimate of drug-likeness (QED) is 0.394. The Morgan fingerprint density at radius 1 is 1.23 bits per heavy atom. The average molecular weight is 450 g/mol. The number of amides is 1. The van der Waals surface area contributed by atoms with Gasteiger partial charge in [0.1, 0.15) is 12.1 Å². The van der Waals surface area contributed by atoms with Crippen LogP contribution in [-0.2, 0) is 14.3 Å². The summed E-state index contributed by atoms with van der Waals surface area (Å²) in [7, 11) is 1.31. The molecule has 1 unspecified atom stereocenters. The Morgan fingerprint density at radius 2 is 1.87 bits per heavy atom. The van der Waals surface area contributed by atoms with Crippen LogP contribution in [0.4, 0.5) is 13.2 Å². The largest absolute Gasteiger partial charge is 0.503 e. The van der Waals surface area contributed by atoms with Gasteiger partial charge < -0.3 is 24.6 Å². The number of hydrogen-bond donors (Lipinski definition) is 2. The van der Waals surface area contributed by atoms with Gasteiger partial charge in [0.25, 0.3) is 5.91 Å². The van der Waals surface area contributed by atoms with E-state index >= 15 is 0 Å². The van der Waals surface area contributed by atoms with E-state index in [0.29, 0.717) is 0 Å². The number of aromatic hydroxyl groups is 1. The topological polar surface area (TPSA) is 107 Å². The van der Waals surface area contributed by atoms with Crippen LogP contribution in [0.1, 0.15) is 51.0 Å². The summed E-state index contributed by atoms with van der Waals surface area (Å²) in [5.74, 6) is -2.18. The molecule has 0 aliphatic carbocycles. The zero-order chi connectivity index (χ0) is 23.8. The van der Waals surface area contributed by atoms with Crippen molar-refractivity contribution in [1.29, 1.82) is 0 Å². The standard InChI is InChI=1S/C20H29F3N2O6/c1-11(2)17(13(4)30-10-6-8-20(21,22)23)31-19(28)12(3)25-18(27)15-16(26)14(29-5)7-9-24-15/h7,9,11-13,17,26H,6,8,10H2,1-5H3,(H,25,27)/t12-,13-,17?/m0/s1. The fourth-order valence-electron chi connectivity index (χ4n) is 2.74. The molecule has 0 aliphatic rings. The van der Waals surface area contributed by atoms with Gasteiger partial charge in [0, 0.05) is 25.3 Å². The minimum Gasteiger partial charge on any atom is -0.503 e. The molecule has 31 heavy (non-hydrogen) atoms. The third kappa shape index (κ3) is 8.60. The molecule has 0 radical (unpaired) electrons. The Balaban J connectivity index is 2.67. The lowest BCUT2D eigenvalue weighted by Gasteiger charge is -2.28. The highest BCUT2D eigenvalue weighted by atomic mass is 19.4. The molecule has 2 N–H and O–H groups in total. The minimum absolute atomic E-state index is 0.0479. The van der Waals surface area contributed by atoms with Crippen LogP contribution in [0.5, 0.6) is 11.5 Å². The Labute approximate surface area is 179 Å². The first-order valence-corrected chi connectivity index (χ1v) is 9.79. The number of nitrogens with one attached hydrogen (secondary N) is 1. The fourth-order valence-corrected chi connectivity index (χ4v) is 2.74. The van der Waals surface area contributed by atoms with Gasteiger partial charge in [-0.15, -0.1) is 0 Å². The molecule has 1 heterocycles. The van der Waals surface area contributed by atoms with E-state index in [9.17, 15) is 27.9 Å².